The lowest BCUT2D eigenvalue weighted by molar-refractivity contribution is 1.08. The number of hydrogen-bond donors (Lipinski definition) is 0. The van der Waals surface area contributed by atoms with Crippen LogP contribution in [0.5, 0.6) is 0 Å². The normalized spacial score (nSPS) is 11.8. The number of rotatable bonds is 5. The SMILES string of the molecule is c1ccc(-c2cccc(-c3nc(-c4ccc(-c5c6ccccc6cc6c5ccc5ccccc56)cc4)nc(-c4cc5c6ccccc6c6ccccc6c5c5ccccc45)n3)c2)cc1. The summed E-state index contributed by atoms with van der Waals surface area (Å²) in [7, 11) is 0. The second-order valence-electron chi connectivity index (χ2n) is 16.7. The summed E-state index contributed by atoms with van der Waals surface area (Å²) in [6, 6.07) is 80.6. The largest absolute Gasteiger partial charge is 0.208 e. The summed E-state index contributed by atoms with van der Waals surface area (Å²) in [5, 5.41) is 17.0. The Balaban J connectivity index is 1.04. The highest BCUT2D eigenvalue weighted by Crippen LogP contribution is 2.44. The Kier molecular flexibility index (Phi) is 8.22. The van der Waals surface area contributed by atoms with Gasteiger partial charge in [-0.05, 0) is 116 Å². The van der Waals surface area contributed by atoms with Gasteiger partial charge in [-0.1, -0.05) is 206 Å². The van der Waals surface area contributed by atoms with Crippen molar-refractivity contribution in [1.29, 1.82) is 0 Å². The van der Waals surface area contributed by atoms with Crippen LogP contribution in [0.3, 0.4) is 0 Å². The highest BCUT2D eigenvalue weighted by molar-refractivity contribution is 6.33. The molecule has 0 aliphatic heterocycles. The van der Waals surface area contributed by atoms with E-state index in [0.717, 1.165) is 38.8 Å². The first-order chi connectivity index (χ1) is 31.7. The van der Waals surface area contributed by atoms with Gasteiger partial charge in [-0.15, -0.1) is 0 Å². The van der Waals surface area contributed by atoms with E-state index in [1.165, 1.54) is 75.6 Å². The van der Waals surface area contributed by atoms with E-state index in [-0.39, 0.29) is 0 Å². The molecule has 0 spiro atoms. The van der Waals surface area contributed by atoms with E-state index < -0.39 is 0 Å². The molecule has 3 heteroatoms. The van der Waals surface area contributed by atoms with Crippen molar-refractivity contribution in [3.63, 3.8) is 0 Å². The first kappa shape index (κ1) is 36.2. The highest BCUT2D eigenvalue weighted by Gasteiger charge is 2.20. The topological polar surface area (TPSA) is 38.7 Å². The van der Waals surface area contributed by atoms with Crippen LogP contribution in [-0.2, 0) is 0 Å². The fourth-order valence-corrected chi connectivity index (χ4v) is 10.1. The number of fused-ring (bicyclic) bond motifs is 12. The van der Waals surface area contributed by atoms with Crippen molar-refractivity contribution < 1.29 is 0 Å². The average molecular weight is 812 g/mol. The van der Waals surface area contributed by atoms with Crippen molar-refractivity contribution >= 4 is 75.4 Å². The molecule has 0 aliphatic carbocycles. The maximum absolute atomic E-state index is 5.39. The second-order valence-corrected chi connectivity index (χ2v) is 16.7. The summed E-state index contributed by atoms with van der Waals surface area (Å²) in [6.45, 7) is 0. The number of hydrogen-bond acceptors (Lipinski definition) is 3. The Morgan fingerprint density at radius 2 is 0.734 bits per heavy atom. The van der Waals surface area contributed by atoms with Crippen LogP contribution in [0.1, 0.15) is 0 Å². The third-order valence-corrected chi connectivity index (χ3v) is 13.1. The van der Waals surface area contributed by atoms with Crippen LogP contribution in [0.15, 0.2) is 224 Å². The molecule has 0 aliphatic rings. The zero-order valence-electron chi connectivity index (χ0n) is 34.7. The Labute approximate surface area is 369 Å². The number of benzene rings is 12. The van der Waals surface area contributed by atoms with Crippen LogP contribution in [0.4, 0.5) is 0 Å². The van der Waals surface area contributed by atoms with Crippen LogP contribution >= 0.6 is 0 Å². The third kappa shape index (κ3) is 5.79. The molecule has 0 saturated heterocycles. The summed E-state index contributed by atoms with van der Waals surface area (Å²) in [5.41, 5.74) is 7.44. The minimum Gasteiger partial charge on any atom is -0.208 e. The Hall–Kier alpha value is -8.53. The Bertz CT molecular complexity index is 4000. The number of nitrogens with zero attached hydrogens (tertiary/aromatic N) is 3. The standard InChI is InChI=1S/C61H37N3/c1-2-15-38(16-3-1)42-19-14-20-44(35-42)60-62-59(41-31-29-40(30-32-41)57-46-22-7-5-18-43(46)36-54-45-21-6-4-17-39(45)33-34-53(54)57)63-61(64-60)56-37-55-49-25-9-8-23-47(49)48-24-10-12-27-51(48)58(55)52-28-13-11-26-50(52)56/h1-37H. The fourth-order valence-electron chi connectivity index (χ4n) is 10.1. The zero-order valence-corrected chi connectivity index (χ0v) is 34.7. The zero-order chi connectivity index (χ0) is 42.1. The van der Waals surface area contributed by atoms with Crippen LogP contribution < -0.4 is 0 Å². The lowest BCUT2D eigenvalue weighted by Gasteiger charge is -2.16. The highest BCUT2D eigenvalue weighted by atomic mass is 15.0. The minimum atomic E-state index is 0.623. The van der Waals surface area contributed by atoms with Gasteiger partial charge in [0, 0.05) is 16.7 Å². The van der Waals surface area contributed by atoms with Crippen LogP contribution in [0.25, 0.3) is 132 Å². The molecule has 64 heavy (non-hydrogen) atoms. The van der Waals surface area contributed by atoms with Gasteiger partial charge >= 0.3 is 0 Å². The van der Waals surface area contributed by atoms with E-state index in [9.17, 15) is 0 Å². The minimum absolute atomic E-state index is 0.623. The van der Waals surface area contributed by atoms with Gasteiger partial charge in [-0.25, -0.2) is 15.0 Å². The molecule has 0 amide bonds. The van der Waals surface area contributed by atoms with E-state index in [1.807, 2.05) is 6.07 Å². The van der Waals surface area contributed by atoms with E-state index in [4.69, 9.17) is 15.0 Å². The number of aromatic nitrogens is 3. The first-order valence-electron chi connectivity index (χ1n) is 21.8. The molecule has 296 valence electrons. The molecule has 0 atom stereocenters. The predicted molar refractivity (Wildman–Crippen MR) is 270 cm³/mol. The predicted octanol–water partition coefficient (Wildman–Crippen LogP) is 16.3. The Morgan fingerprint density at radius 3 is 1.48 bits per heavy atom. The van der Waals surface area contributed by atoms with Crippen LogP contribution in [-0.4, -0.2) is 15.0 Å². The lowest BCUT2D eigenvalue weighted by atomic mass is 9.89. The van der Waals surface area contributed by atoms with Crippen molar-refractivity contribution in [2.75, 3.05) is 0 Å². The summed E-state index contributed by atoms with van der Waals surface area (Å²) < 4.78 is 0. The molecule has 0 fully saturated rings. The maximum atomic E-state index is 5.39. The summed E-state index contributed by atoms with van der Waals surface area (Å²) >= 11 is 0. The second kappa shape index (κ2) is 14.5. The van der Waals surface area contributed by atoms with Gasteiger partial charge in [-0.3, -0.25) is 0 Å². The lowest BCUT2D eigenvalue weighted by Crippen LogP contribution is -2.01. The fraction of sp³-hybridized carbons (Fsp3) is 0. The molecule has 0 saturated carbocycles. The monoisotopic (exact) mass is 811 g/mol. The summed E-state index contributed by atoms with van der Waals surface area (Å²) in [5.74, 6) is 1.88. The first-order valence-corrected chi connectivity index (χ1v) is 21.8. The van der Waals surface area contributed by atoms with Gasteiger partial charge < -0.3 is 0 Å². The molecule has 0 unspecified atom stereocenters. The van der Waals surface area contributed by atoms with Crippen LogP contribution in [0, 0.1) is 0 Å². The van der Waals surface area contributed by atoms with Crippen molar-refractivity contribution in [2.24, 2.45) is 0 Å². The van der Waals surface area contributed by atoms with Gasteiger partial charge in [0.15, 0.2) is 17.5 Å². The maximum Gasteiger partial charge on any atom is 0.164 e. The van der Waals surface area contributed by atoms with Crippen molar-refractivity contribution in [3.8, 4) is 56.4 Å². The molecule has 1 aromatic heterocycles. The average Bonchev–Trinajstić information content (AvgIpc) is 3.38. The summed E-state index contributed by atoms with van der Waals surface area (Å²) in [6.07, 6.45) is 0. The molecule has 13 aromatic rings. The van der Waals surface area contributed by atoms with E-state index >= 15 is 0 Å². The smallest absolute Gasteiger partial charge is 0.164 e. The van der Waals surface area contributed by atoms with Crippen molar-refractivity contribution in [1.82, 2.24) is 15.0 Å². The molecule has 0 N–H and O–H groups in total. The molecule has 3 nitrogen and oxygen atoms in total. The van der Waals surface area contributed by atoms with Crippen LogP contribution in [0.2, 0.25) is 0 Å². The van der Waals surface area contributed by atoms with E-state index in [1.54, 1.807) is 0 Å². The van der Waals surface area contributed by atoms with E-state index in [2.05, 4.69) is 218 Å². The summed E-state index contributed by atoms with van der Waals surface area (Å²) in [4.78, 5) is 16.0. The van der Waals surface area contributed by atoms with Crippen molar-refractivity contribution in [3.05, 3.63) is 224 Å². The molecule has 0 bridgehead atoms. The van der Waals surface area contributed by atoms with Gasteiger partial charge in [-0.2, -0.15) is 0 Å². The molecule has 12 aromatic carbocycles. The van der Waals surface area contributed by atoms with E-state index in [0.29, 0.717) is 17.5 Å². The molecular weight excluding hydrogens is 775 g/mol. The quantitative estimate of drug-likeness (QED) is 0.128. The molecule has 13 rings (SSSR count). The third-order valence-electron chi connectivity index (χ3n) is 13.1. The van der Waals surface area contributed by atoms with Gasteiger partial charge in [0.2, 0.25) is 0 Å². The van der Waals surface area contributed by atoms with Gasteiger partial charge in [0.25, 0.3) is 0 Å². The van der Waals surface area contributed by atoms with Crippen molar-refractivity contribution in [2.45, 2.75) is 0 Å². The van der Waals surface area contributed by atoms with Gasteiger partial charge in [0.05, 0.1) is 0 Å². The molecular formula is C61H37N3. The molecule has 0 radical (unpaired) electrons. The molecule has 1 heterocycles. The van der Waals surface area contributed by atoms with Gasteiger partial charge in [0.1, 0.15) is 0 Å². The Morgan fingerprint density at radius 1 is 0.219 bits per heavy atom.